The van der Waals surface area contributed by atoms with E-state index in [0.717, 1.165) is 17.9 Å². The molecule has 0 saturated heterocycles. The summed E-state index contributed by atoms with van der Waals surface area (Å²) in [7, 11) is 0. The topological polar surface area (TPSA) is 24.1 Å². The van der Waals surface area contributed by atoms with Crippen molar-refractivity contribution in [3.8, 4) is 0 Å². The lowest BCUT2D eigenvalue weighted by molar-refractivity contribution is 0.816. The minimum absolute atomic E-state index is 0.836. The normalized spacial score (nSPS) is 16.4. The summed E-state index contributed by atoms with van der Waals surface area (Å²) in [4.78, 5) is 0. The summed E-state index contributed by atoms with van der Waals surface area (Å²) < 4.78 is 0. The van der Waals surface area contributed by atoms with Crippen molar-refractivity contribution >= 4 is 0 Å². The zero-order valence-electron chi connectivity index (χ0n) is 4.99. The van der Waals surface area contributed by atoms with Crippen LogP contribution in [-0.4, -0.2) is 6.67 Å². The van der Waals surface area contributed by atoms with Crippen molar-refractivity contribution in [2.45, 2.75) is 6.92 Å². The summed E-state index contributed by atoms with van der Waals surface area (Å²) in [6.07, 6.45) is 1.93. The average molecular weight is 110 g/mol. The highest BCUT2D eigenvalue weighted by molar-refractivity contribution is 5.25. The smallest absolute Gasteiger partial charge is 0.0846 e. The molecule has 2 nitrogen and oxygen atoms in total. The molecule has 0 amide bonds. The minimum atomic E-state index is 0.836. The van der Waals surface area contributed by atoms with E-state index in [1.165, 1.54) is 0 Å². The Morgan fingerprint density at radius 2 is 2.62 bits per heavy atom. The average Bonchev–Trinajstić information content (AvgIpc) is 2.12. The molecule has 1 heterocycles. The van der Waals surface area contributed by atoms with E-state index in [9.17, 15) is 0 Å². The van der Waals surface area contributed by atoms with Crippen molar-refractivity contribution < 1.29 is 0 Å². The summed E-state index contributed by atoms with van der Waals surface area (Å²) in [5, 5.41) is 6.13. The molecule has 0 bridgehead atoms. The summed E-state index contributed by atoms with van der Waals surface area (Å²) in [6.45, 7) is 6.58. The van der Waals surface area contributed by atoms with Gasteiger partial charge in [0.2, 0.25) is 0 Å². The van der Waals surface area contributed by atoms with Crippen LogP contribution in [0.2, 0.25) is 0 Å². The Kier molecular flexibility index (Phi) is 1.24. The van der Waals surface area contributed by atoms with Crippen LogP contribution in [0.5, 0.6) is 0 Å². The molecule has 0 aromatic heterocycles. The quantitative estimate of drug-likeness (QED) is 0.515. The predicted octanol–water partition coefficient (Wildman–Crippen LogP) is 0.554. The summed E-state index contributed by atoms with van der Waals surface area (Å²) in [6, 6.07) is 0. The van der Waals surface area contributed by atoms with Crippen LogP contribution in [0.1, 0.15) is 6.92 Å². The SMILES string of the molecule is C=C(C)C1=CNCN1. The van der Waals surface area contributed by atoms with Crippen molar-refractivity contribution in [1.82, 2.24) is 10.6 Å². The van der Waals surface area contributed by atoms with Crippen molar-refractivity contribution in [2.75, 3.05) is 6.67 Å². The standard InChI is InChI=1S/C6H10N2/c1-5(2)6-3-7-4-8-6/h3,7-8H,1,4H2,2H3. The molecule has 1 aliphatic heterocycles. The van der Waals surface area contributed by atoms with Crippen molar-refractivity contribution in [3.63, 3.8) is 0 Å². The number of hydrogen-bond acceptors (Lipinski definition) is 2. The van der Waals surface area contributed by atoms with Gasteiger partial charge in [0.15, 0.2) is 0 Å². The maximum atomic E-state index is 3.77. The molecule has 0 atom stereocenters. The molecular weight excluding hydrogens is 100 g/mol. The molecule has 0 aromatic rings. The first-order chi connectivity index (χ1) is 3.80. The van der Waals surface area contributed by atoms with Crippen molar-refractivity contribution in [1.29, 1.82) is 0 Å². The van der Waals surface area contributed by atoms with Crippen LogP contribution in [0.4, 0.5) is 0 Å². The molecule has 0 spiro atoms. The van der Waals surface area contributed by atoms with E-state index in [1.807, 2.05) is 13.1 Å². The van der Waals surface area contributed by atoms with E-state index in [2.05, 4.69) is 17.2 Å². The zero-order chi connectivity index (χ0) is 5.98. The van der Waals surface area contributed by atoms with E-state index in [-0.39, 0.29) is 0 Å². The predicted molar refractivity (Wildman–Crippen MR) is 34.0 cm³/mol. The molecule has 1 rings (SSSR count). The third-order valence-electron chi connectivity index (χ3n) is 1.09. The second kappa shape index (κ2) is 1.90. The first kappa shape index (κ1) is 5.22. The summed E-state index contributed by atoms with van der Waals surface area (Å²) in [5.74, 6) is 0. The molecule has 0 radical (unpaired) electrons. The number of nitrogens with one attached hydrogen (secondary N) is 2. The molecule has 1 aliphatic rings. The monoisotopic (exact) mass is 110 g/mol. The molecular formula is C6H10N2. The minimum Gasteiger partial charge on any atom is -0.372 e. The van der Waals surface area contributed by atoms with E-state index >= 15 is 0 Å². The van der Waals surface area contributed by atoms with Gasteiger partial charge in [-0.2, -0.15) is 0 Å². The molecule has 44 valence electrons. The van der Waals surface area contributed by atoms with Crippen LogP contribution in [-0.2, 0) is 0 Å². The highest BCUT2D eigenvalue weighted by Crippen LogP contribution is 2.02. The lowest BCUT2D eigenvalue weighted by Crippen LogP contribution is -2.14. The third kappa shape index (κ3) is 0.832. The van der Waals surface area contributed by atoms with E-state index in [4.69, 9.17) is 0 Å². The molecule has 0 unspecified atom stereocenters. The van der Waals surface area contributed by atoms with Gasteiger partial charge in [0.25, 0.3) is 0 Å². The van der Waals surface area contributed by atoms with Crippen LogP contribution in [0.15, 0.2) is 24.0 Å². The van der Waals surface area contributed by atoms with Gasteiger partial charge in [-0.1, -0.05) is 6.58 Å². The highest BCUT2D eigenvalue weighted by atomic mass is 15.1. The molecule has 0 aliphatic carbocycles. The van der Waals surface area contributed by atoms with Gasteiger partial charge in [0.05, 0.1) is 12.4 Å². The first-order valence-corrected chi connectivity index (χ1v) is 2.64. The Labute approximate surface area is 49.3 Å². The number of hydrogen-bond donors (Lipinski definition) is 2. The van der Waals surface area contributed by atoms with Crippen LogP contribution in [0.3, 0.4) is 0 Å². The maximum absolute atomic E-state index is 3.77. The summed E-state index contributed by atoms with van der Waals surface area (Å²) in [5.41, 5.74) is 2.19. The molecule has 2 heteroatoms. The van der Waals surface area contributed by atoms with Gasteiger partial charge < -0.3 is 10.6 Å². The van der Waals surface area contributed by atoms with E-state index < -0.39 is 0 Å². The van der Waals surface area contributed by atoms with Gasteiger partial charge in [-0.15, -0.1) is 0 Å². The largest absolute Gasteiger partial charge is 0.372 e. The third-order valence-corrected chi connectivity index (χ3v) is 1.09. The van der Waals surface area contributed by atoms with Gasteiger partial charge in [0.1, 0.15) is 0 Å². The molecule has 0 aromatic carbocycles. The Morgan fingerprint density at radius 1 is 1.88 bits per heavy atom. The molecule has 0 fully saturated rings. The van der Waals surface area contributed by atoms with Crippen LogP contribution in [0, 0.1) is 0 Å². The van der Waals surface area contributed by atoms with Gasteiger partial charge in [0, 0.05) is 6.20 Å². The van der Waals surface area contributed by atoms with Crippen LogP contribution >= 0.6 is 0 Å². The second-order valence-corrected chi connectivity index (χ2v) is 1.90. The molecule has 0 saturated carbocycles. The van der Waals surface area contributed by atoms with Gasteiger partial charge in [-0.05, 0) is 12.5 Å². The van der Waals surface area contributed by atoms with Crippen molar-refractivity contribution in [3.05, 3.63) is 24.0 Å². The van der Waals surface area contributed by atoms with E-state index in [1.54, 1.807) is 0 Å². The fraction of sp³-hybridized carbons (Fsp3) is 0.333. The Bertz CT molecular complexity index is 135. The van der Waals surface area contributed by atoms with Gasteiger partial charge >= 0.3 is 0 Å². The Balaban J connectivity index is 2.57. The fourth-order valence-corrected chi connectivity index (χ4v) is 0.624. The maximum Gasteiger partial charge on any atom is 0.0846 e. The zero-order valence-corrected chi connectivity index (χ0v) is 4.99. The second-order valence-electron chi connectivity index (χ2n) is 1.90. The lowest BCUT2D eigenvalue weighted by atomic mass is 10.3. The number of allylic oxidation sites excluding steroid dienone is 1. The number of rotatable bonds is 1. The molecule has 2 N–H and O–H groups in total. The summed E-state index contributed by atoms with van der Waals surface area (Å²) >= 11 is 0. The Morgan fingerprint density at radius 3 is 2.88 bits per heavy atom. The van der Waals surface area contributed by atoms with Crippen LogP contribution in [0.25, 0.3) is 0 Å². The first-order valence-electron chi connectivity index (χ1n) is 2.64. The van der Waals surface area contributed by atoms with E-state index in [0.29, 0.717) is 0 Å². The fourth-order valence-electron chi connectivity index (χ4n) is 0.624. The Hall–Kier alpha value is -0.920. The van der Waals surface area contributed by atoms with Gasteiger partial charge in [-0.25, -0.2) is 0 Å². The molecule has 8 heavy (non-hydrogen) atoms. The van der Waals surface area contributed by atoms with Crippen molar-refractivity contribution in [2.24, 2.45) is 0 Å². The van der Waals surface area contributed by atoms with Gasteiger partial charge in [-0.3, -0.25) is 0 Å². The lowest BCUT2D eigenvalue weighted by Gasteiger charge is -1.97. The van der Waals surface area contributed by atoms with Crippen LogP contribution < -0.4 is 10.6 Å². The highest BCUT2D eigenvalue weighted by Gasteiger charge is 1.99.